The van der Waals surface area contributed by atoms with E-state index in [1.807, 2.05) is 24.3 Å². The Bertz CT molecular complexity index is 897. The van der Waals surface area contributed by atoms with E-state index in [2.05, 4.69) is 16.1 Å². The highest BCUT2D eigenvalue weighted by molar-refractivity contribution is 7.89. The van der Waals surface area contributed by atoms with Crippen LogP contribution in [-0.2, 0) is 16.6 Å². The topological polar surface area (TPSA) is 82.0 Å². The zero-order chi connectivity index (χ0) is 17.2. The van der Waals surface area contributed by atoms with E-state index in [1.165, 1.54) is 0 Å². The lowest BCUT2D eigenvalue weighted by atomic mass is 10.1. The van der Waals surface area contributed by atoms with Crippen LogP contribution in [0.1, 0.15) is 29.5 Å². The number of anilines is 1. The zero-order valence-electron chi connectivity index (χ0n) is 13.4. The second kappa shape index (κ2) is 6.63. The smallest absolute Gasteiger partial charge is 0.241 e. The Morgan fingerprint density at radius 1 is 1.21 bits per heavy atom. The summed E-state index contributed by atoms with van der Waals surface area (Å²) in [4.78, 5) is 0.310. The first-order valence-electron chi connectivity index (χ1n) is 7.84. The molecule has 24 heavy (non-hydrogen) atoms. The van der Waals surface area contributed by atoms with Gasteiger partial charge in [0.2, 0.25) is 10.0 Å². The van der Waals surface area contributed by atoms with Crippen molar-refractivity contribution in [3.05, 3.63) is 59.2 Å². The first kappa shape index (κ1) is 16.5. The molecule has 2 aromatic carbocycles. The molecule has 0 unspecified atom stereocenters. The molecule has 0 spiro atoms. The minimum atomic E-state index is -3.48. The summed E-state index contributed by atoms with van der Waals surface area (Å²) in [7, 11) is -3.48. The molecule has 0 heterocycles. The van der Waals surface area contributed by atoms with Crippen molar-refractivity contribution in [2.45, 2.75) is 37.2 Å². The van der Waals surface area contributed by atoms with E-state index in [0.29, 0.717) is 22.6 Å². The van der Waals surface area contributed by atoms with Gasteiger partial charge in [0.05, 0.1) is 16.5 Å². The molecule has 0 aromatic heterocycles. The number of hydrogen-bond donors (Lipinski definition) is 2. The summed E-state index contributed by atoms with van der Waals surface area (Å²) < 4.78 is 27.6. The predicted molar refractivity (Wildman–Crippen MR) is 93.0 cm³/mol. The van der Waals surface area contributed by atoms with Crippen LogP contribution in [0.25, 0.3) is 0 Å². The van der Waals surface area contributed by atoms with Crippen LogP contribution in [0.5, 0.6) is 0 Å². The molecule has 0 atom stereocenters. The molecule has 1 saturated carbocycles. The van der Waals surface area contributed by atoms with Gasteiger partial charge in [0.1, 0.15) is 0 Å². The largest absolute Gasteiger partial charge is 0.381 e. The average molecular weight is 341 g/mol. The third-order valence-corrected chi connectivity index (χ3v) is 5.68. The summed E-state index contributed by atoms with van der Waals surface area (Å²) in [5.74, 6) is 0. The lowest BCUT2D eigenvalue weighted by Gasteiger charge is -2.14. The summed E-state index contributed by atoms with van der Waals surface area (Å²) >= 11 is 0. The third-order valence-electron chi connectivity index (χ3n) is 4.01. The molecule has 0 saturated heterocycles. The third kappa shape index (κ3) is 3.75. The van der Waals surface area contributed by atoms with Crippen LogP contribution in [0.2, 0.25) is 0 Å². The SMILES string of the molecule is Cc1c(NCc2cccc(C#N)c2)cccc1S(=O)(=O)NC1CC1. The second-order valence-electron chi connectivity index (χ2n) is 5.99. The van der Waals surface area contributed by atoms with Crippen molar-refractivity contribution in [3.63, 3.8) is 0 Å². The van der Waals surface area contributed by atoms with Gasteiger partial charge in [-0.15, -0.1) is 0 Å². The van der Waals surface area contributed by atoms with Crippen molar-refractivity contribution in [2.24, 2.45) is 0 Å². The van der Waals surface area contributed by atoms with Crippen molar-refractivity contribution >= 4 is 15.7 Å². The molecular weight excluding hydrogens is 322 g/mol. The number of benzene rings is 2. The molecule has 6 heteroatoms. The van der Waals surface area contributed by atoms with Gasteiger partial charge in [-0.2, -0.15) is 5.26 Å². The van der Waals surface area contributed by atoms with Crippen molar-refractivity contribution < 1.29 is 8.42 Å². The van der Waals surface area contributed by atoms with Gasteiger partial charge in [0.15, 0.2) is 0 Å². The highest BCUT2D eigenvalue weighted by Gasteiger charge is 2.29. The standard InChI is InChI=1S/C18H19N3O2S/c1-13-17(20-12-15-5-2-4-14(10-15)11-19)6-3-7-18(13)24(22,23)21-16-8-9-16/h2-7,10,16,20-21H,8-9,12H2,1H3. The quantitative estimate of drug-likeness (QED) is 0.846. The van der Waals surface area contributed by atoms with Crippen LogP contribution in [-0.4, -0.2) is 14.5 Å². The van der Waals surface area contributed by atoms with E-state index in [4.69, 9.17) is 5.26 Å². The summed E-state index contributed by atoms with van der Waals surface area (Å²) in [5.41, 5.74) is 3.05. The Morgan fingerprint density at radius 2 is 1.96 bits per heavy atom. The van der Waals surface area contributed by atoms with Crippen LogP contribution in [0, 0.1) is 18.3 Å². The predicted octanol–water partition coefficient (Wildman–Crippen LogP) is 2.92. The summed E-state index contributed by atoms with van der Waals surface area (Å²) in [6.07, 6.45) is 1.82. The number of rotatable bonds is 6. The summed E-state index contributed by atoms with van der Waals surface area (Å²) in [6.45, 7) is 2.32. The Morgan fingerprint density at radius 3 is 2.67 bits per heavy atom. The summed E-state index contributed by atoms with van der Waals surface area (Å²) in [6, 6.07) is 14.8. The molecule has 5 nitrogen and oxygen atoms in total. The Labute approximate surface area is 142 Å². The van der Waals surface area contributed by atoms with Gasteiger partial charge in [-0.3, -0.25) is 0 Å². The Kier molecular flexibility index (Phi) is 4.56. The first-order valence-corrected chi connectivity index (χ1v) is 9.33. The molecule has 0 aliphatic heterocycles. The maximum atomic E-state index is 12.4. The fourth-order valence-electron chi connectivity index (χ4n) is 2.53. The van der Waals surface area contributed by atoms with Crippen LogP contribution in [0.15, 0.2) is 47.4 Å². The molecule has 124 valence electrons. The number of sulfonamides is 1. The molecule has 1 aliphatic rings. The van der Waals surface area contributed by atoms with Crippen LogP contribution in [0.4, 0.5) is 5.69 Å². The van der Waals surface area contributed by atoms with E-state index in [1.54, 1.807) is 25.1 Å². The highest BCUT2D eigenvalue weighted by Crippen LogP contribution is 2.27. The van der Waals surface area contributed by atoms with Gasteiger partial charge >= 0.3 is 0 Å². The monoisotopic (exact) mass is 341 g/mol. The molecule has 0 bridgehead atoms. The average Bonchev–Trinajstić information content (AvgIpc) is 3.37. The minimum absolute atomic E-state index is 0.0831. The molecular formula is C18H19N3O2S. The number of hydrogen-bond acceptors (Lipinski definition) is 4. The molecule has 2 aromatic rings. The molecule has 3 rings (SSSR count). The maximum Gasteiger partial charge on any atom is 0.241 e. The van der Waals surface area contributed by atoms with Gasteiger partial charge in [-0.1, -0.05) is 18.2 Å². The molecule has 1 fully saturated rings. The Hall–Kier alpha value is -2.36. The van der Waals surface area contributed by atoms with Gasteiger partial charge in [0.25, 0.3) is 0 Å². The fraction of sp³-hybridized carbons (Fsp3) is 0.278. The lowest BCUT2D eigenvalue weighted by molar-refractivity contribution is 0.580. The first-order chi connectivity index (χ1) is 11.5. The van der Waals surface area contributed by atoms with Gasteiger partial charge in [0, 0.05) is 18.3 Å². The van der Waals surface area contributed by atoms with Crippen LogP contribution < -0.4 is 10.0 Å². The molecule has 0 amide bonds. The van der Waals surface area contributed by atoms with Crippen molar-refractivity contribution in [2.75, 3.05) is 5.32 Å². The van der Waals surface area contributed by atoms with Gasteiger partial charge in [-0.05, 0) is 55.2 Å². The van der Waals surface area contributed by atoms with E-state index in [9.17, 15) is 8.42 Å². The Balaban J connectivity index is 1.79. The van der Waals surface area contributed by atoms with E-state index >= 15 is 0 Å². The number of nitrogens with one attached hydrogen (secondary N) is 2. The van der Waals surface area contributed by atoms with Gasteiger partial charge < -0.3 is 5.32 Å². The molecule has 2 N–H and O–H groups in total. The molecule has 1 aliphatic carbocycles. The number of nitrogens with zero attached hydrogens (tertiary/aromatic N) is 1. The number of nitriles is 1. The van der Waals surface area contributed by atoms with Crippen LogP contribution >= 0.6 is 0 Å². The van der Waals surface area contributed by atoms with Gasteiger partial charge in [-0.25, -0.2) is 13.1 Å². The normalized spacial score (nSPS) is 14.2. The second-order valence-corrected chi connectivity index (χ2v) is 7.67. The van der Waals surface area contributed by atoms with Crippen LogP contribution in [0.3, 0.4) is 0 Å². The van der Waals surface area contributed by atoms with E-state index < -0.39 is 10.0 Å². The van der Waals surface area contributed by atoms with Crippen molar-refractivity contribution in [3.8, 4) is 6.07 Å². The maximum absolute atomic E-state index is 12.4. The molecule has 0 radical (unpaired) electrons. The van der Waals surface area contributed by atoms with E-state index in [-0.39, 0.29) is 6.04 Å². The van der Waals surface area contributed by atoms with Crippen molar-refractivity contribution in [1.82, 2.24) is 4.72 Å². The van der Waals surface area contributed by atoms with E-state index in [0.717, 1.165) is 24.1 Å². The fourth-order valence-corrected chi connectivity index (χ4v) is 4.10. The highest BCUT2D eigenvalue weighted by atomic mass is 32.2. The van der Waals surface area contributed by atoms with Crippen molar-refractivity contribution in [1.29, 1.82) is 5.26 Å². The lowest BCUT2D eigenvalue weighted by Crippen LogP contribution is -2.26. The summed E-state index contributed by atoms with van der Waals surface area (Å²) in [5, 5.41) is 12.2. The minimum Gasteiger partial charge on any atom is -0.381 e. The zero-order valence-corrected chi connectivity index (χ0v) is 14.2.